The third kappa shape index (κ3) is 2.30. The van der Waals surface area contributed by atoms with Gasteiger partial charge in [-0.1, -0.05) is 0 Å². The minimum atomic E-state index is -2.17. The van der Waals surface area contributed by atoms with Crippen LogP contribution in [0.5, 0.6) is 0 Å². The standard InChI is InChI=1S/C9H12N2O4/c1-6(10)9(12,13)7-2-4-8(5-3-7)11(14)15/h2-6,12-13H,10H2,1H3. The molecule has 0 amide bonds. The molecule has 0 saturated carbocycles. The van der Waals surface area contributed by atoms with E-state index in [1.807, 2.05) is 0 Å². The van der Waals surface area contributed by atoms with Gasteiger partial charge in [-0.2, -0.15) is 0 Å². The Kier molecular flexibility index (Phi) is 3.04. The quantitative estimate of drug-likeness (QED) is 0.373. The van der Waals surface area contributed by atoms with Gasteiger partial charge in [-0.25, -0.2) is 0 Å². The first-order valence-electron chi connectivity index (χ1n) is 4.31. The summed E-state index contributed by atoms with van der Waals surface area (Å²) in [6.45, 7) is 1.43. The van der Waals surface area contributed by atoms with Gasteiger partial charge in [0.25, 0.3) is 5.69 Å². The lowest BCUT2D eigenvalue weighted by Crippen LogP contribution is -2.43. The molecule has 0 heterocycles. The van der Waals surface area contributed by atoms with Crippen LogP contribution < -0.4 is 5.73 Å². The van der Waals surface area contributed by atoms with Gasteiger partial charge in [0.2, 0.25) is 5.79 Å². The topological polar surface area (TPSA) is 110 Å². The van der Waals surface area contributed by atoms with Crippen molar-refractivity contribution in [2.45, 2.75) is 18.8 Å². The van der Waals surface area contributed by atoms with Gasteiger partial charge in [-0.05, 0) is 19.1 Å². The van der Waals surface area contributed by atoms with Crippen molar-refractivity contribution in [3.05, 3.63) is 39.9 Å². The Balaban J connectivity index is 3.04. The molecule has 1 rings (SSSR count). The van der Waals surface area contributed by atoms with Crippen LogP contribution >= 0.6 is 0 Å². The molecule has 0 radical (unpaired) electrons. The van der Waals surface area contributed by atoms with Crippen LogP contribution in [-0.4, -0.2) is 21.2 Å². The molecule has 1 atom stereocenters. The van der Waals surface area contributed by atoms with Crippen LogP contribution in [0.25, 0.3) is 0 Å². The van der Waals surface area contributed by atoms with Crippen LogP contribution in [0.3, 0.4) is 0 Å². The molecule has 82 valence electrons. The van der Waals surface area contributed by atoms with Crippen LogP contribution in [0.4, 0.5) is 5.69 Å². The highest BCUT2D eigenvalue weighted by Crippen LogP contribution is 2.23. The SMILES string of the molecule is CC(N)C(O)(O)c1ccc([N+](=O)[O-])cc1. The normalized spacial score (nSPS) is 13.6. The highest BCUT2D eigenvalue weighted by Gasteiger charge is 2.30. The molecule has 0 saturated heterocycles. The molecule has 0 aliphatic rings. The van der Waals surface area contributed by atoms with E-state index in [0.29, 0.717) is 0 Å². The molecular weight excluding hydrogens is 200 g/mol. The smallest absolute Gasteiger partial charge is 0.269 e. The maximum Gasteiger partial charge on any atom is 0.269 e. The number of nitro benzene ring substituents is 1. The van der Waals surface area contributed by atoms with E-state index in [2.05, 4.69) is 0 Å². The Morgan fingerprint density at radius 2 is 1.87 bits per heavy atom. The van der Waals surface area contributed by atoms with Gasteiger partial charge in [-0.3, -0.25) is 10.1 Å². The van der Waals surface area contributed by atoms with Crippen molar-refractivity contribution < 1.29 is 15.1 Å². The zero-order valence-corrected chi connectivity index (χ0v) is 8.12. The number of hydrogen-bond acceptors (Lipinski definition) is 5. The summed E-state index contributed by atoms with van der Waals surface area (Å²) in [6.07, 6.45) is 0. The van der Waals surface area contributed by atoms with Gasteiger partial charge in [0.1, 0.15) is 0 Å². The van der Waals surface area contributed by atoms with E-state index >= 15 is 0 Å². The average molecular weight is 212 g/mol. The molecule has 0 aromatic heterocycles. The van der Waals surface area contributed by atoms with Gasteiger partial charge in [0.15, 0.2) is 0 Å². The van der Waals surface area contributed by atoms with Crippen molar-refractivity contribution >= 4 is 5.69 Å². The first-order valence-corrected chi connectivity index (χ1v) is 4.31. The van der Waals surface area contributed by atoms with E-state index in [-0.39, 0.29) is 11.3 Å². The molecule has 6 heteroatoms. The number of benzene rings is 1. The minimum Gasteiger partial charge on any atom is -0.361 e. The van der Waals surface area contributed by atoms with Crippen molar-refractivity contribution in [1.29, 1.82) is 0 Å². The Bertz CT molecular complexity index is 359. The second-order valence-electron chi connectivity index (χ2n) is 3.32. The number of nitrogens with two attached hydrogens (primary N) is 1. The maximum atomic E-state index is 10.4. The van der Waals surface area contributed by atoms with E-state index in [9.17, 15) is 20.3 Å². The number of aliphatic hydroxyl groups is 2. The molecule has 1 aromatic carbocycles. The van der Waals surface area contributed by atoms with E-state index in [0.717, 1.165) is 0 Å². The number of nitrogens with zero attached hydrogens (tertiary/aromatic N) is 1. The predicted molar refractivity (Wildman–Crippen MR) is 52.9 cm³/mol. The fourth-order valence-electron chi connectivity index (χ4n) is 1.09. The lowest BCUT2D eigenvalue weighted by molar-refractivity contribution is -0.384. The largest absolute Gasteiger partial charge is 0.361 e. The van der Waals surface area contributed by atoms with Gasteiger partial charge < -0.3 is 15.9 Å². The summed E-state index contributed by atoms with van der Waals surface area (Å²) >= 11 is 0. The van der Waals surface area contributed by atoms with E-state index < -0.39 is 16.8 Å². The van der Waals surface area contributed by atoms with Gasteiger partial charge >= 0.3 is 0 Å². The first-order chi connectivity index (χ1) is 6.85. The summed E-state index contributed by atoms with van der Waals surface area (Å²) in [5.74, 6) is -2.17. The van der Waals surface area contributed by atoms with E-state index in [1.165, 1.54) is 31.2 Å². The van der Waals surface area contributed by atoms with E-state index in [4.69, 9.17) is 5.73 Å². The molecule has 15 heavy (non-hydrogen) atoms. The maximum absolute atomic E-state index is 10.4. The van der Waals surface area contributed by atoms with Crippen LogP contribution in [-0.2, 0) is 5.79 Å². The first kappa shape index (κ1) is 11.6. The summed E-state index contributed by atoms with van der Waals surface area (Å²) in [6, 6.07) is 4.03. The molecule has 6 nitrogen and oxygen atoms in total. The summed E-state index contributed by atoms with van der Waals surface area (Å²) in [7, 11) is 0. The van der Waals surface area contributed by atoms with Crippen LogP contribution in [0.2, 0.25) is 0 Å². The second kappa shape index (κ2) is 3.93. The van der Waals surface area contributed by atoms with Crippen molar-refractivity contribution in [3.63, 3.8) is 0 Å². The Labute approximate surface area is 86.1 Å². The van der Waals surface area contributed by atoms with Crippen LogP contribution in [0.15, 0.2) is 24.3 Å². The minimum absolute atomic E-state index is 0.112. The third-order valence-electron chi connectivity index (χ3n) is 2.14. The molecule has 0 fully saturated rings. The van der Waals surface area contributed by atoms with Crippen molar-refractivity contribution in [2.24, 2.45) is 5.73 Å². The predicted octanol–water partition coefficient (Wildman–Crippen LogP) is 0.0794. The highest BCUT2D eigenvalue weighted by atomic mass is 16.6. The van der Waals surface area contributed by atoms with Crippen LogP contribution in [0.1, 0.15) is 12.5 Å². The molecule has 4 N–H and O–H groups in total. The summed E-state index contributed by atoms with van der Waals surface area (Å²) < 4.78 is 0. The summed E-state index contributed by atoms with van der Waals surface area (Å²) in [5.41, 5.74) is 5.38. The monoisotopic (exact) mass is 212 g/mol. The molecular formula is C9H12N2O4. The third-order valence-corrected chi connectivity index (χ3v) is 2.14. The Morgan fingerprint density at radius 3 is 2.20 bits per heavy atom. The second-order valence-corrected chi connectivity index (χ2v) is 3.32. The van der Waals surface area contributed by atoms with E-state index in [1.54, 1.807) is 0 Å². The molecule has 1 aromatic rings. The zero-order chi connectivity index (χ0) is 11.6. The lowest BCUT2D eigenvalue weighted by Gasteiger charge is -2.25. The van der Waals surface area contributed by atoms with Crippen molar-refractivity contribution in [2.75, 3.05) is 0 Å². The fourth-order valence-corrected chi connectivity index (χ4v) is 1.09. The molecule has 0 spiro atoms. The van der Waals surface area contributed by atoms with Gasteiger partial charge in [-0.15, -0.1) is 0 Å². The average Bonchev–Trinajstić information content (AvgIpc) is 2.17. The summed E-state index contributed by atoms with van der Waals surface area (Å²) in [4.78, 5) is 9.79. The summed E-state index contributed by atoms with van der Waals surface area (Å²) in [5, 5.41) is 29.5. The number of non-ortho nitro benzene ring substituents is 1. The lowest BCUT2D eigenvalue weighted by atomic mass is 10.00. The number of rotatable bonds is 3. The van der Waals surface area contributed by atoms with Crippen molar-refractivity contribution in [3.8, 4) is 0 Å². The zero-order valence-electron chi connectivity index (χ0n) is 8.12. The Hall–Kier alpha value is -1.50. The molecule has 0 aliphatic carbocycles. The number of nitro groups is 1. The molecule has 0 bridgehead atoms. The molecule has 0 aliphatic heterocycles. The Morgan fingerprint density at radius 1 is 1.40 bits per heavy atom. The fraction of sp³-hybridized carbons (Fsp3) is 0.333. The van der Waals surface area contributed by atoms with Gasteiger partial charge in [0, 0.05) is 17.7 Å². The highest BCUT2D eigenvalue weighted by molar-refractivity contribution is 5.34. The van der Waals surface area contributed by atoms with Gasteiger partial charge in [0.05, 0.1) is 11.0 Å². The van der Waals surface area contributed by atoms with Crippen LogP contribution in [0, 0.1) is 10.1 Å². The molecule has 1 unspecified atom stereocenters. The number of hydrogen-bond donors (Lipinski definition) is 3. The van der Waals surface area contributed by atoms with Crippen molar-refractivity contribution in [1.82, 2.24) is 0 Å².